The molecule has 1 aliphatic heterocycles. The number of nitrogens with one attached hydrogen (secondary N) is 1. The molecule has 2 aliphatic rings. The minimum atomic E-state index is -4.85. The number of nitrogens with zero attached hydrogens (tertiary/aromatic N) is 2. The normalized spacial score (nSPS) is 27.1. The van der Waals surface area contributed by atoms with Crippen molar-refractivity contribution >= 4 is 23.5 Å². The molecule has 1 aromatic rings. The van der Waals surface area contributed by atoms with Gasteiger partial charge in [0.25, 0.3) is 5.91 Å². The van der Waals surface area contributed by atoms with Gasteiger partial charge in [-0.1, -0.05) is 6.07 Å². The van der Waals surface area contributed by atoms with Gasteiger partial charge in [-0.3, -0.25) is 4.79 Å². The average Bonchev–Trinajstić information content (AvgIpc) is 3.02. The maximum Gasteiger partial charge on any atom is 0.574 e. The first-order valence-electron chi connectivity index (χ1n) is 6.32. The van der Waals surface area contributed by atoms with E-state index in [0.29, 0.717) is 18.4 Å². The highest BCUT2D eigenvalue weighted by Crippen LogP contribution is 2.41. The van der Waals surface area contributed by atoms with Crippen LogP contribution in [0.5, 0.6) is 5.88 Å². The zero-order valence-corrected chi connectivity index (χ0v) is 11.4. The first-order chi connectivity index (χ1) is 9.83. The molecule has 0 radical (unpaired) electrons. The number of hydrogen-bond donors (Lipinski definition) is 1. The largest absolute Gasteiger partial charge is 0.574 e. The van der Waals surface area contributed by atoms with Crippen molar-refractivity contribution in [2.45, 2.75) is 31.3 Å². The molecule has 21 heavy (non-hydrogen) atoms. The molecule has 2 fully saturated rings. The number of carbonyl (C=O) groups is 1. The van der Waals surface area contributed by atoms with Crippen molar-refractivity contribution in [2.75, 3.05) is 4.42 Å². The number of fused-ring (bicyclic) bond motifs is 1. The van der Waals surface area contributed by atoms with Gasteiger partial charge in [0.1, 0.15) is 0 Å². The second kappa shape index (κ2) is 5.03. The van der Waals surface area contributed by atoms with Crippen LogP contribution in [0.25, 0.3) is 0 Å². The Labute approximate surface area is 123 Å². The Morgan fingerprint density at radius 2 is 2.19 bits per heavy atom. The molecule has 0 aromatic carbocycles. The van der Waals surface area contributed by atoms with Crippen molar-refractivity contribution in [3.8, 4) is 5.88 Å². The van der Waals surface area contributed by atoms with Crippen LogP contribution in [0.15, 0.2) is 18.2 Å². The first-order valence-corrected chi connectivity index (χ1v) is 6.66. The highest BCUT2D eigenvalue weighted by molar-refractivity contribution is 6.37. The summed E-state index contributed by atoms with van der Waals surface area (Å²) >= 11 is 5.89. The van der Waals surface area contributed by atoms with Gasteiger partial charge in [-0.05, 0) is 24.8 Å². The molecule has 1 saturated carbocycles. The molecule has 3 atom stereocenters. The van der Waals surface area contributed by atoms with Crippen LogP contribution in [0, 0.1) is 5.92 Å². The van der Waals surface area contributed by atoms with Gasteiger partial charge >= 0.3 is 6.36 Å². The molecule has 1 amide bonds. The van der Waals surface area contributed by atoms with Gasteiger partial charge in [-0.15, -0.1) is 13.2 Å². The summed E-state index contributed by atoms with van der Waals surface area (Å²) in [6.07, 6.45) is -3.11. The Kier molecular flexibility index (Phi) is 3.45. The topological polar surface area (TPSA) is 54.5 Å². The number of alkyl halides is 3. The molecule has 5 nitrogen and oxygen atoms in total. The second-order valence-electron chi connectivity index (χ2n) is 5.06. The number of hydrogen-bond acceptors (Lipinski definition) is 4. The Balaban J connectivity index is 1.70. The van der Waals surface area contributed by atoms with E-state index in [1.54, 1.807) is 0 Å². The Bertz CT molecular complexity index is 559. The fraction of sp³-hybridized carbons (Fsp3) is 0.500. The van der Waals surface area contributed by atoms with Crippen LogP contribution >= 0.6 is 11.8 Å². The predicted molar refractivity (Wildman–Crippen MR) is 67.7 cm³/mol. The Morgan fingerprint density at radius 3 is 2.81 bits per heavy atom. The molecule has 114 valence electrons. The Morgan fingerprint density at radius 1 is 1.43 bits per heavy atom. The smallest absolute Gasteiger partial charge is 0.388 e. The number of piperidine rings is 1. The zero-order chi connectivity index (χ0) is 15.2. The van der Waals surface area contributed by atoms with Gasteiger partial charge in [-0.2, -0.15) is 4.98 Å². The lowest BCUT2D eigenvalue weighted by atomic mass is 10.1. The van der Waals surface area contributed by atoms with Crippen molar-refractivity contribution < 1.29 is 22.7 Å². The molecule has 0 bridgehead atoms. The summed E-state index contributed by atoms with van der Waals surface area (Å²) < 4.78 is 40.8. The van der Waals surface area contributed by atoms with Crippen molar-refractivity contribution in [3.05, 3.63) is 18.2 Å². The highest BCUT2D eigenvalue weighted by Gasteiger charge is 2.48. The summed E-state index contributed by atoms with van der Waals surface area (Å²) in [5.74, 6) is -0.705. The van der Waals surface area contributed by atoms with Crippen LogP contribution < -0.4 is 14.5 Å². The molecule has 9 heteroatoms. The molecule has 0 spiro atoms. The third kappa shape index (κ3) is 3.21. The van der Waals surface area contributed by atoms with Crippen LogP contribution in [0.2, 0.25) is 0 Å². The van der Waals surface area contributed by atoms with E-state index in [-0.39, 0.29) is 5.82 Å². The number of amides is 1. The number of ether oxygens (including phenoxy) is 1. The number of pyridine rings is 1. The summed E-state index contributed by atoms with van der Waals surface area (Å²) in [4.78, 5) is 15.7. The third-order valence-electron chi connectivity index (χ3n) is 3.50. The van der Waals surface area contributed by atoms with E-state index in [0.717, 1.165) is 16.9 Å². The summed E-state index contributed by atoms with van der Waals surface area (Å²) in [6, 6.07) is 3.60. The molecule has 1 aromatic heterocycles. The van der Waals surface area contributed by atoms with Crippen molar-refractivity contribution in [2.24, 2.45) is 5.92 Å². The number of halogens is 4. The monoisotopic (exact) mass is 321 g/mol. The van der Waals surface area contributed by atoms with Gasteiger partial charge in [0.05, 0.1) is 6.04 Å². The van der Waals surface area contributed by atoms with Crippen LogP contribution in [-0.2, 0) is 4.79 Å². The molecular formula is C12H11ClF3N3O2. The minimum absolute atomic E-state index is 0.106. The van der Waals surface area contributed by atoms with Crippen LogP contribution in [0.3, 0.4) is 0 Å². The summed E-state index contributed by atoms with van der Waals surface area (Å²) in [5.41, 5.74) is 0. The molecule has 1 saturated heterocycles. The lowest BCUT2D eigenvalue weighted by molar-refractivity contribution is -0.276. The average molecular weight is 322 g/mol. The van der Waals surface area contributed by atoms with Gasteiger partial charge in [0, 0.05) is 23.9 Å². The van der Waals surface area contributed by atoms with E-state index in [9.17, 15) is 18.0 Å². The molecule has 0 unspecified atom stereocenters. The SMILES string of the molecule is O=C([C@@H]1C[C@H]2C[C@H]2N1)N(Cl)c1cccc(OC(F)(F)F)n1. The molecule has 3 rings (SSSR count). The number of aromatic nitrogens is 1. The van der Waals surface area contributed by atoms with Crippen molar-refractivity contribution in [3.63, 3.8) is 0 Å². The molecule has 2 heterocycles. The maximum absolute atomic E-state index is 12.1. The number of anilines is 1. The minimum Gasteiger partial charge on any atom is -0.388 e. The molecule has 1 aliphatic carbocycles. The van der Waals surface area contributed by atoms with Gasteiger partial charge in [0.15, 0.2) is 5.82 Å². The molecular weight excluding hydrogens is 311 g/mol. The number of rotatable bonds is 3. The summed E-state index contributed by atoms with van der Waals surface area (Å²) in [7, 11) is 0. The van der Waals surface area contributed by atoms with Crippen LogP contribution in [0.4, 0.5) is 19.0 Å². The number of carbonyl (C=O) groups excluding carboxylic acids is 1. The summed E-state index contributed by atoms with van der Waals surface area (Å²) in [6.45, 7) is 0. The highest BCUT2D eigenvalue weighted by atomic mass is 35.5. The van der Waals surface area contributed by atoms with Crippen LogP contribution in [-0.4, -0.2) is 29.3 Å². The van der Waals surface area contributed by atoms with E-state index in [2.05, 4.69) is 15.0 Å². The van der Waals surface area contributed by atoms with Crippen LogP contribution in [0.1, 0.15) is 12.8 Å². The predicted octanol–water partition coefficient (Wildman–Crippen LogP) is 2.22. The van der Waals surface area contributed by atoms with Crippen molar-refractivity contribution in [1.29, 1.82) is 0 Å². The fourth-order valence-corrected chi connectivity index (χ4v) is 2.66. The van der Waals surface area contributed by atoms with E-state index < -0.39 is 24.2 Å². The van der Waals surface area contributed by atoms with Crippen molar-refractivity contribution in [1.82, 2.24) is 10.3 Å². The van der Waals surface area contributed by atoms with E-state index in [4.69, 9.17) is 11.8 Å². The quantitative estimate of drug-likeness (QED) is 0.867. The standard InChI is InChI=1S/C12H11ClF3N3O2/c13-19(11(20)8-5-6-4-7(6)17-8)9-2-1-3-10(18-9)21-12(14,15)16/h1-3,6-8,17H,4-5H2/t6-,7-,8+/m1/s1. The van der Waals surface area contributed by atoms with Gasteiger partial charge in [-0.25, -0.2) is 4.42 Å². The first kappa shape index (κ1) is 14.4. The maximum atomic E-state index is 12.1. The van der Waals surface area contributed by atoms with E-state index in [1.165, 1.54) is 12.1 Å². The van der Waals surface area contributed by atoms with E-state index in [1.807, 2.05) is 0 Å². The Hall–Kier alpha value is -1.54. The third-order valence-corrected chi connectivity index (χ3v) is 3.84. The van der Waals surface area contributed by atoms with Gasteiger partial charge in [0.2, 0.25) is 5.88 Å². The summed E-state index contributed by atoms with van der Waals surface area (Å²) in [5, 5.41) is 3.12. The zero-order valence-electron chi connectivity index (χ0n) is 10.6. The van der Waals surface area contributed by atoms with Gasteiger partial charge < -0.3 is 10.1 Å². The molecule has 1 N–H and O–H groups in total. The lowest BCUT2D eigenvalue weighted by Gasteiger charge is -2.19. The fourth-order valence-electron chi connectivity index (χ4n) is 2.45. The second-order valence-corrected chi connectivity index (χ2v) is 5.40. The van der Waals surface area contributed by atoms with E-state index >= 15 is 0 Å². The lowest BCUT2D eigenvalue weighted by Crippen LogP contribution is -2.41.